The maximum absolute atomic E-state index is 6.39. The molecule has 0 fully saturated rings. The minimum absolute atomic E-state index is 0.180. The van der Waals surface area contributed by atoms with Crippen molar-refractivity contribution >= 4 is 5.69 Å². The van der Waals surface area contributed by atoms with Crippen LogP contribution in [-0.2, 0) is 0 Å². The maximum Gasteiger partial charge on any atom is 0.123 e. The molecule has 20 heavy (non-hydrogen) atoms. The second-order valence-corrected chi connectivity index (χ2v) is 5.21. The van der Waals surface area contributed by atoms with E-state index in [0.717, 1.165) is 22.6 Å². The number of ether oxygens (including phenoxy) is 1. The van der Waals surface area contributed by atoms with E-state index >= 15 is 0 Å². The van der Waals surface area contributed by atoms with Crippen molar-refractivity contribution in [1.29, 1.82) is 0 Å². The molecule has 0 amide bonds. The lowest BCUT2D eigenvalue weighted by molar-refractivity contribution is 0.407. The van der Waals surface area contributed by atoms with Crippen molar-refractivity contribution < 1.29 is 4.74 Å². The van der Waals surface area contributed by atoms with E-state index in [1.54, 1.807) is 7.11 Å². The Labute approximate surface area is 121 Å². The van der Waals surface area contributed by atoms with Gasteiger partial charge >= 0.3 is 0 Å². The van der Waals surface area contributed by atoms with Crippen molar-refractivity contribution in [3.8, 4) is 5.75 Å². The first-order valence-corrected chi connectivity index (χ1v) is 6.70. The number of methoxy groups -OCH3 is 1. The molecule has 0 aromatic heterocycles. The Kier molecular flexibility index (Phi) is 4.30. The van der Waals surface area contributed by atoms with Crippen molar-refractivity contribution in [2.75, 3.05) is 26.1 Å². The van der Waals surface area contributed by atoms with Crippen LogP contribution in [-0.4, -0.2) is 21.2 Å². The number of hydrogen-bond donors (Lipinski definition) is 1. The smallest absolute Gasteiger partial charge is 0.123 e. The Morgan fingerprint density at radius 1 is 1.05 bits per heavy atom. The van der Waals surface area contributed by atoms with Crippen molar-refractivity contribution in [3.05, 3.63) is 59.2 Å². The van der Waals surface area contributed by atoms with Crippen LogP contribution in [0.4, 0.5) is 5.69 Å². The average molecular weight is 270 g/mol. The summed E-state index contributed by atoms with van der Waals surface area (Å²) in [6.45, 7) is 2.06. The summed E-state index contributed by atoms with van der Waals surface area (Å²) in [5.74, 6) is 0.833. The van der Waals surface area contributed by atoms with Crippen LogP contribution < -0.4 is 15.4 Å². The highest BCUT2D eigenvalue weighted by Gasteiger charge is 2.14. The van der Waals surface area contributed by atoms with Crippen molar-refractivity contribution in [1.82, 2.24) is 0 Å². The molecule has 0 bridgehead atoms. The van der Waals surface area contributed by atoms with E-state index in [4.69, 9.17) is 10.5 Å². The molecule has 2 N–H and O–H groups in total. The minimum Gasteiger partial charge on any atom is -0.496 e. The molecule has 0 aliphatic carbocycles. The quantitative estimate of drug-likeness (QED) is 0.927. The highest BCUT2D eigenvalue weighted by Crippen LogP contribution is 2.29. The zero-order valence-electron chi connectivity index (χ0n) is 12.6. The molecule has 2 aromatic rings. The Hall–Kier alpha value is -2.00. The number of rotatable bonds is 4. The molecule has 0 heterocycles. The SMILES string of the molecule is COc1ccc(C)cc1C(N)c1ccc(N(C)C)cc1. The van der Waals surface area contributed by atoms with E-state index in [9.17, 15) is 0 Å². The normalized spacial score (nSPS) is 12.1. The fraction of sp³-hybridized carbons (Fsp3) is 0.294. The first-order chi connectivity index (χ1) is 9.52. The summed E-state index contributed by atoms with van der Waals surface area (Å²) in [7, 11) is 5.73. The summed E-state index contributed by atoms with van der Waals surface area (Å²) < 4.78 is 5.42. The largest absolute Gasteiger partial charge is 0.496 e. The zero-order chi connectivity index (χ0) is 14.7. The van der Waals surface area contributed by atoms with Gasteiger partial charge in [0, 0.05) is 25.3 Å². The van der Waals surface area contributed by atoms with Gasteiger partial charge in [0.1, 0.15) is 5.75 Å². The van der Waals surface area contributed by atoms with Gasteiger partial charge in [-0.3, -0.25) is 0 Å². The van der Waals surface area contributed by atoms with E-state index in [1.807, 2.05) is 26.2 Å². The van der Waals surface area contributed by atoms with Crippen molar-refractivity contribution in [2.24, 2.45) is 5.73 Å². The minimum atomic E-state index is -0.180. The number of anilines is 1. The van der Waals surface area contributed by atoms with E-state index in [-0.39, 0.29) is 6.04 Å². The zero-order valence-corrected chi connectivity index (χ0v) is 12.6. The van der Waals surface area contributed by atoms with Crippen LogP contribution in [0.25, 0.3) is 0 Å². The van der Waals surface area contributed by atoms with Gasteiger partial charge < -0.3 is 15.4 Å². The van der Waals surface area contributed by atoms with Crippen molar-refractivity contribution in [3.63, 3.8) is 0 Å². The number of hydrogen-bond acceptors (Lipinski definition) is 3. The number of nitrogens with zero attached hydrogens (tertiary/aromatic N) is 1. The Morgan fingerprint density at radius 2 is 1.70 bits per heavy atom. The molecule has 106 valence electrons. The van der Waals surface area contributed by atoms with Crippen LogP contribution in [0.15, 0.2) is 42.5 Å². The van der Waals surface area contributed by atoms with Gasteiger partial charge in [-0.25, -0.2) is 0 Å². The highest BCUT2D eigenvalue weighted by molar-refractivity contribution is 5.49. The molecule has 2 aromatic carbocycles. The molecule has 1 unspecified atom stereocenters. The maximum atomic E-state index is 6.39. The molecule has 0 radical (unpaired) electrons. The molecule has 0 saturated carbocycles. The Morgan fingerprint density at radius 3 is 2.25 bits per heavy atom. The van der Waals surface area contributed by atoms with Gasteiger partial charge in [0.05, 0.1) is 13.2 Å². The Bertz CT molecular complexity index is 576. The van der Waals surface area contributed by atoms with Gasteiger partial charge in [0.2, 0.25) is 0 Å². The summed E-state index contributed by atoms with van der Waals surface area (Å²) in [5, 5.41) is 0. The van der Waals surface area contributed by atoms with Gasteiger partial charge in [-0.05, 0) is 30.7 Å². The topological polar surface area (TPSA) is 38.5 Å². The molecule has 2 rings (SSSR count). The lowest BCUT2D eigenvalue weighted by Crippen LogP contribution is -2.14. The molecule has 0 aliphatic rings. The predicted molar refractivity (Wildman–Crippen MR) is 84.5 cm³/mol. The molecule has 0 aliphatic heterocycles. The fourth-order valence-electron chi connectivity index (χ4n) is 2.26. The van der Waals surface area contributed by atoms with Gasteiger partial charge in [-0.2, -0.15) is 0 Å². The second kappa shape index (κ2) is 5.97. The fourth-order valence-corrected chi connectivity index (χ4v) is 2.26. The monoisotopic (exact) mass is 270 g/mol. The third-order valence-electron chi connectivity index (χ3n) is 3.49. The van der Waals surface area contributed by atoms with Crippen LogP contribution in [0.3, 0.4) is 0 Å². The van der Waals surface area contributed by atoms with Crippen LogP contribution >= 0.6 is 0 Å². The second-order valence-electron chi connectivity index (χ2n) is 5.21. The average Bonchev–Trinajstić information content (AvgIpc) is 2.46. The first kappa shape index (κ1) is 14.4. The summed E-state index contributed by atoms with van der Waals surface area (Å²) in [6, 6.07) is 14.2. The van der Waals surface area contributed by atoms with Crippen molar-refractivity contribution in [2.45, 2.75) is 13.0 Å². The summed E-state index contributed by atoms with van der Waals surface area (Å²) in [4.78, 5) is 2.07. The number of benzene rings is 2. The molecule has 3 heteroatoms. The van der Waals surface area contributed by atoms with E-state index < -0.39 is 0 Å². The molecule has 0 saturated heterocycles. The molecular weight excluding hydrogens is 248 g/mol. The van der Waals surface area contributed by atoms with E-state index in [1.165, 1.54) is 5.56 Å². The van der Waals surface area contributed by atoms with Crippen LogP contribution in [0.2, 0.25) is 0 Å². The van der Waals surface area contributed by atoms with Gasteiger partial charge in [-0.1, -0.05) is 29.8 Å². The number of aryl methyl sites for hydroxylation is 1. The van der Waals surface area contributed by atoms with Crippen LogP contribution in [0.1, 0.15) is 22.7 Å². The number of nitrogens with two attached hydrogens (primary N) is 1. The lowest BCUT2D eigenvalue weighted by atomic mass is 9.97. The summed E-state index contributed by atoms with van der Waals surface area (Å²) in [6.07, 6.45) is 0. The Balaban J connectivity index is 2.35. The van der Waals surface area contributed by atoms with Gasteiger partial charge in [0.25, 0.3) is 0 Å². The molecular formula is C17H22N2O. The highest BCUT2D eigenvalue weighted by atomic mass is 16.5. The van der Waals surface area contributed by atoms with Crippen LogP contribution in [0.5, 0.6) is 5.75 Å². The van der Waals surface area contributed by atoms with Gasteiger partial charge in [0.15, 0.2) is 0 Å². The molecule has 0 spiro atoms. The molecule has 3 nitrogen and oxygen atoms in total. The standard InChI is InChI=1S/C17H22N2O/c1-12-5-10-16(20-4)15(11-12)17(18)13-6-8-14(9-7-13)19(2)3/h5-11,17H,18H2,1-4H3. The van der Waals surface area contributed by atoms with Crippen LogP contribution in [0, 0.1) is 6.92 Å². The summed E-state index contributed by atoms with van der Waals surface area (Å²) in [5.41, 5.74) is 10.8. The third kappa shape index (κ3) is 2.94. The lowest BCUT2D eigenvalue weighted by Gasteiger charge is -2.18. The van der Waals surface area contributed by atoms with E-state index in [0.29, 0.717) is 0 Å². The van der Waals surface area contributed by atoms with E-state index in [2.05, 4.69) is 42.2 Å². The first-order valence-electron chi connectivity index (χ1n) is 6.70. The molecule has 1 atom stereocenters. The predicted octanol–water partition coefficient (Wildman–Crippen LogP) is 3.12. The third-order valence-corrected chi connectivity index (χ3v) is 3.49. The van der Waals surface area contributed by atoms with Gasteiger partial charge in [-0.15, -0.1) is 0 Å². The summed E-state index contributed by atoms with van der Waals surface area (Å²) >= 11 is 0.